The van der Waals surface area contributed by atoms with Gasteiger partial charge in [-0.15, -0.1) is 0 Å². The van der Waals surface area contributed by atoms with Gasteiger partial charge in [-0.3, -0.25) is 4.79 Å². The number of rotatable bonds is 2. The van der Waals surface area contributed by atoms with Gasteiger partial charge in [0.05, 0.1) is 5.60 Å². The summed E-state index contributed by atoms with van der Waals surface area (Å²) in [5, 5.41) is 13.8. The zero-order valence-corrected chi connectivity index (χ0v) is 19.5. The minimum absolute atomic E-state index is 0.146. The van der Waals surface area contributed by atoms with Gasteiger partial charge in [-0.05, 0) is 118 Å². The molecule has 0 bridgehead atoms. The van der Waals surface area contributed by atoms with Gasteiger partial charge in [0.2, 0.25) is 5.91 Å². The number of hydrogen-bond donors (Lipinski definition) is 2. The van der Waals surface area contributed by atoms with E-state index < -0.39 is 5.60 Å². The first-order chi connectivity index (χ1) is 14.8. The molecule has 5 rings (SSSR count). The summed E-state index contributed by atoms with van der Waals surface area (Å²) in [6, 6.07) is 9.95. The molecule has 4 aliphatic rings. The van der Waals surface area contributed by atoms with E-state index in [2.05, 4.69) is 19.2 Å². The highest BCUT2D eigenvalue weighted by Crippen LogP contribution is 2.61. The van der Waals surface area contributed by atoms with E-state index >= 15 is 0 Å². The smallest absolute Gasteiger partial charge is 0.227 e. The molecule has 4 aliphatic carbocycles. The first-order valence-electron chi connectivity index (χ1n) is 12.9. The lowest BCUT2D eigenvalue weighted by atomic mass is 9.48. The molecule has 0 aliphatic heterocycles. The van der Waals surface area contributed by atoms with Gasteiger partial charge in [0.25, 0.3) is 0 Å². The van der Waals surface area contributed by atoms with Crippen LogP contribution in [-0.4, -0.2) is 16.6 Å². The maximum Gasteiger partial charge on any atom is 0.227 e. The van der Waals surface area contributed by atoms with Crippen molar-refractivity contribution in [2.75, 3.05) is 5.32 Å². The average molecular weight is 424 g/mol. The van der Waals surface area contributed by atoms with E-state index in [0.29, 0.717) is 5.41 Å². The molecule has 0 unspecified atom stereocenters. The molecular formula is C28H41NO2. The van der Waals surface area contributed by atoms with Crippen LogP contribution in [0.2, 0.25) is 0 Å². The molecule has 0 aromatic heterocycles. The molecule has 0 spiro atoms. The number of para-hydroxylation sites is 1. The summed E-state index contributed by atoms with van der Waals surface area (Å²) in [6.07, 6.45) is 13.1. The van der Waals surface area contributed by atoms with Gasteiger partial charge in [0.15, 0.2) is 0 Å². The van der Waals surface area contributed by atoms with Crippen molar-refractivity contribution in [2.24, 2.45) is 40.9 Å². The molecule has 31 heavy (non-hydrogen) atoms. The topological polar surface area (TPSA) is 49.3 Å². The Kier molecular flexibility index (Phi) is 5.69. The fraction of sp³-hybridized carbons (Fsp3) is 0.750. The molecule has 170 valence electrons. The molecule has 1 aromatic rings. The third-order valence-electron chi connectivity index (χ3n) is 9.95. The number of fused-ring (bicyclic) bond motifs is 5. The van der Waals surface area contributed by atoms with Crippen LogP contribution in [0.25, 0.3) is 0 Å². The first kappa shape index (κ1) is 21.5. The zero-order valence-electron chi connectivity index (χ0n) is 19.5. The highest BCUT2D eigenvalue weighted by atomic mass is 16.3. The van der Waals surface area contributed by atoms with Crippen LogP contribution in [0.3, 0.4) is 0 Å². The highest BCUT2D eigenvalue weighted by molar-refractivity contribution is 5.92. The van der Waals surface area contributed by atoms with Crippen molar-refractivity contribution in [2.45, 2.75) is 90.1 Å². The van der Waals surface area contributed by atoms with Crippen LogP contribution in [0.1, 0.15) is 84.5 Å². The molecule has 0 saturated heterocycles. The molecule has 0 radical (unpaired) electrons. The Labute approximate surface area is 188 Å². The van der Waals surface area contributed by atoms with Crippen LogP contribution >= 0.6 is 0 Å². The second-order valence-corrected chi connectivity index (χ2v) is 12.1. The zero-order chi connectivity index (χ0) is 21.6. The molecule has 1 amide bonds. The Morgan fingerprint density at radius 3 is 2.48 bits per heavy atom. The number of benzene rings is 1. The van der Waals surface area contributed by atoms with Gasteiger partial charge in [-0.25, -0.2) is 0 Å². The third-order valence-corrected chi connectivity index (χ3v) is 9.95. The number of nitrogens with one attached hydrogen (secondary N) is 1. The van der Waals surface area contributed by atoms with Crippen LogP contribution in [0, 0.1) is 40.9 Å². The lowest BCUT2D eigenvalue weighted by Gasteiger charge is -2.57. The number of anilines is 1. The molecule has 4 saturated carbocycles. The number of aliphatic hydroxyl groups is 1. The Hall–Kier alpha value is -1.35. The predicted octanol–water partition coefficient (Wildman–Crippen LogP) is 6.43. The number of carbonyl (C=O) groups excluding carboxylic acids is 1. The van der Waals surface area contributed by atoms with Crippen LogP contribution in [-0.2, 0) is 4.79 Å². The summed E-state index contributed by atoms with van der Waals surface area (Å²) < 4.78 is 0. The van der Waals surface area contributed by atoms with Crippen molar-refractivity contribution in [1.82, 2.24) is 0 Å². The minimum Gasteiger partial charge on any atom is -0.390 e. The van der Waals surface area contributed by atoms with E-state index in [1.165, 1.54) is 44.9 Å². The Morgan fingerprint density at radius 1 is 0.903 bits per heavy atom. The summed E-state index contributed by atoms with van der Waals surface area (Å²) in [4.78, 5) is 13.1. The lowest BCUT2D eigenvalue weighted by molar-refractivity contribution is -0.123. The molecule has 4 fully saturated rings. The van der Waals surface area contributed by atoms with Crippen molar-refractivity contribution < 1.29 is 9.90 Å². The predicted molar refractivity (Wildman–Crippen MR) is 126 cm³/mol. The van der Waals surface area contributed by atoms with Crippen molar-refractivity contribution in [3.05, 3.63) is 30.3 Å². The van der Waals surface area contributed by atoms with Crippen molar-refractivity contribution >= 4 is 11.6 Å². The quantitative estimate of drug-likeness (QED) is 0.576. The SMILES string of the molecule is C[C@@]1(O)CC[C@H]2[C@H](CC[C@@H]3[C@@H]2CC[C@]2(C)C[C@H](C(=O)Nc4ccccc4)CCC[C@@H]32)C1. The third kappa shape index (κ3) is 4.19. The van der Waals surface area contributed by atoms with E-state index in [0.717, 1.165) is 61.0 Å². The lowest BCUT2D eigenvalue weighted by Crippen LogP contribution is -2.50. The van der Waals surface area contributed by atoms with Crippen LogP contribution in [0.15, 0.2) is 30.3 Å². The largest absolute Gasteiger partial charge is 0.390 e. The molecule has 2 N–H and O–H groups in total. The van der Waals surface area contributed by atoms with E-state index in [-0.39, 0.29) is 11.8 Å². The Bertz CT molecular complexity index is 789. The van der Waals surface area contributed by atoms with Gasteiger partial charge in [-0.2, -0.15) is 0 Å². The van der Waals surface area contributed by atoms with E-state index in [1.807, 2.05) is 30.3 Å². The van der Waals surface area contributed by atoms with Crippen molar-refractivity contribution in [3.8, 4) is 0 Å². The van der Waals surface area contributed by atoms with E-state index in [1.54, 1.807) is 0 Å². The fourth-order valence-electron chi connectivity index (χ4n) is 8.53. The maximum absolute atomic E-state index is 13.1. The Balaban J connectivity index is 1.29. The second-order valence-electron chi connectivity index (χ2n) is 12.1. The molecule has 3 nitrogen and oxygen atoms in total. The standard InChI is InChI=1S/C28H41NO2/c1-27-15-13-23-22-14-16-28(2,31)18-19(22)11-12-24(23)25(27)10-6-7-20(17-27)26(30)29-21-8-4-3-5-9-21/h3-5,8-9,19-20,22-25,31H,6-7,10-18H2,1-2H3,(H,29,30)/t19-,20-,22+,23-,24-,25+,27-,28-/m1/s1. The fourth-order valence-corrected chi connectivity index (χ4v) is 8.53. The average Bonchev–Trinajstić information content (AvgIpc) is 2.92. The molecule has 3 heteroatoms. The molecule has 8 atom stereocenters. The monoisotopic (exact) mass is 423 g/mol. The highest BCUT2D eigenvalue weighted by Gasteiger charge is 2.54. The number of amides is 1. The summed E-state index contributed by atoms with van der Waals surface area (Å²) in [5.41, 5.74) is 0.802. The van der Waals surface area contributed by atoms with Gasteiger partial charge in [-0.1, -0.05) is 31.5 Å². The normalized spacial score (nSPS) is 44.9. The minimum atomic E-state index is -0.432. The van der Waals surface area contributed by atoms with Gasteiger partial charge < -0.3 is 10.4 Å². The van der Waals surface area contributed by atoms with Crippen LogP contribution < -0.4 is 5.32 Å². The van der Waals surface area contributed by atoms with Gasteiger partial charge in [0, 0.05) is 11.6 Å². The molecule has 1 aromatic carbocycles. The maximum atomic E-state index is 13.1. The van der Waals surface area contributed by atoms with Crippen LogP contribution in [0.4, 0.5) is 5.69 Å². The van der Waals surface area contributed by atoms with E-state index in [9.17, 15) is 9.90 Å². The Morgan fingerprint density at radius 2 is 1.68 bits per heavy atom. The summed E-state index contributed by atoms with van der Waals surface area (Å²) >= 11 is 0. The molecule has 0 heterocycles. The second kappa shape index (κ2) is 8.21. The summed E-state index contributed by atoms with van der Waals surface area (Å²) in [5.74, 6) is 4.44. The van der Waals surface area contributed by atoms with Crippen molar-refractivity contribution in [1.29, 1.82) is 0 Å². The summed E-state index contributed by atoms with van der Waals surface area (Å²) in [6.45, 7) is 4.57. The summed E-state index contributed by atoms with van der Waals surface area (Å²) in [7, 11) is 0. The van der Waals surface area contributed by atoms with E-state index in [4.69, 9.17) is 0 Å². The molecular weight excluding hydrogens is 382 g/mol. The van der Waals surface area contributed by atoms with Gasteiger partial charge in [0.1, 0.15) is 0 Å². The first-order valence-corrected chi connectivity index (χ1v) is 12.9. The van der Waals surface area contributed by atoms with Crippen molar-refractivity contribution in [3.63, 3.8) is 0 Å². The number of hydrogen-bond acceptors (Lipinski definition) is 2. The van der Waals surface area contributed by atoms with Crippen LogP contribution in [0.5, 0.6) is 0 Å². The van der Waals surface area contributed by atoms with Gasteiger partial charge >= 0.3 is 0 Å². The number of carbonyl (C=O) groups is 1.